The van der Waals surface area contributed by atoms with Gasteiger partial charge in [-0.3, -0.25) is 0 Å². The third kappa shape index (κ3) is 3.89. The second-order valence-electron chi connectivity index (χ2n) is 5.79. The van der Waals surface area contributed by atoms with E-state index >= 15 is 0 Å². The van der Waals surface area contributed by atoms with Crippen molar-refractivity contribution < 1.29 is 9.84 Å². The molecule has 0 bridgehead atoms. The fourth-order valence-corrected chi connectivity index (χ4v) is 2.99. The Morgan fingerprint density at radius 2 is 2.10 bits per heavy atom. The van der Waals surface area contributed by atoms with E-state index in [1.54, 1.807) is 7.11 Å². The lowest BCUT2D eigenvalue weighted by atomic mass is 10.0. The number of ether oxygens (including phenoxy) is 1. The van der Waals surface area contributed by atoms with Gasteiger partial charge in [-0.2, -0.15) is 0 Å². The van der Waals surface area contributed by atoms with Crippen molar-refractivity contribution in [1.29, 1.82) is 0 Å². The lowest BCUT2D eigenvalue weighted by Crippen LogP contribution is -2.37. The van der Waals surface area contributed by atoms with Crippen LogP contribution in [0.4, 0.5) is 5.69 Å². The lowest BCUT2D eigenvalue weighted by molar-refractivity contribution is 0.145. The summed E-state index contributed by atoms with van der Waals surface area (Å²) in [5.74, 6) is 0.940. The molecule has 1 aliphatic heterocycles. The van der Waals surface area contributed by atoms with E-state index < -0.39 is 0 Å². The van der Waals surface area contributed by atoms with E-state index in [1.165, 1.54) is 11.3 Å². The summed E-state index contributed by atoms with van der Waals surface area (Å²) < 4.78 is 5.58. The zero-order valence-corrected chi connectivity index (χ0v) is 13.4. The van der Waals surface area contributed by atoms with Gasteiger partial charge in [-0.25, -0.2) is 0 Å². The molecule has 0 spiro atoms. The highest BCUT2D eigenvalue weighted by Crippen LogP contribution is 2.35. The van der Waals surface area contributed by atoms with E-state index in [4.69, 9.17) is 4.74 Å². The molecule has 1 heterocycles. The van der Waals surface area contributed by atoms with Gasteiger partial charge in [0.15, 0.2) is 0 Å². The number of nitrogens with zero attached hydrogens (tertiary/aromatic N) is 1. The summed E-state index contributed by atoms with van der Waals surface area (Å²) in [6.07, 6.45) is 2.65. The minimum atomic E-state index is -0.147. The zero-order chi connectivity index (χ0) is 15.2. The summed E-state index contributed by atoms with van der Waals surface area (Å²) in [5, 5.41) is 13.3. The van der Waals surface area contributed by atoms with Crippen molar-refractivity contribution in [2.45, 2.75) is 45.3 Å². The summed E-state index contributed by atoms with van der Waals surface area (Å²) in [6.45, 7) is 7.17. The largest absolute Gasteiger partial charge is 0.496 e. The molecule has 0 saturated carbocycles. The predicted molar refractivity (Wildman–Crippen MR) is 87.2 cm³/mol. The molecule has 1 atom stereocenters. The van der Waals surface area contributed by atoms with Gasteiger partial charge in [0.1, 0.15) is 5.75 Å². The van der Waals surface area contributed by atoms with Crippen molar-refractivity contribution in [2.75, 3.05) is 31.6 Å². The van der Waals surface area contributed by atoms with Crippen molar-refractivity contribution in [3.05, 3.63) is 23.8 Å². The quantitative estimate of drug-likeness (QED) is 0.846. The predicted octanol–water partition coefficient (Wildman–Crippen LogP) is 2.72. The van der Waals surface area contributed by atoms with Crippen LogP contribution < -0.4 is 15.0 Å². The smallest absolute Gasteiger partial charge is 0.125 e. The third-order valence-corrected chi connectivity index (χ3v) is 4.20. The summed E-state index contributed by atoms with van der Waals surface area (Å²) in [5.41, 5.74) is 2.46. The van der Waals surface area contributed by atoms with Crippen LogP contribution >= 0.6 is 0 Å². The Kier molecular flexibility index (Phi) is 5.88. The van der Waals surface area contributed by atoms with Crippen LogP contribution in [0.3, 0.4) is 0 Å². The van der Waals surface area contributed by atoms with Gasteiger partial charge in [0.05, 0.1) is 13.2 Å². The first-order chi connectivity index (χ1) is 10.2. The fraction of sp³-hybridized carbons (Fsp3) is 0.647. The molecule has 4 nitrogen and oxygen atoms in total. The summed E-state index contributed by atoms with van der Waals surface area (Å²) in [4.78, 5) is 2.37. The number of nitrogens with one attached hydrogen (secondary N) is 1. The van der Waals surface area contributed by atoms with Gasteiger partial charge in [0.2, 0.25) is 0 Å². The minimum Gasteiger partial charge on any atom is -0.496 e. The Labute approximate surface area is 128 Å². The maximum Gasteiger partial charge on any atom is 0.125 e. The molecule has 2 N–H and O–H groups in total. The molecule has 2 rings (SSSR count). The monoisotopic (exact) mass is 292 g/mol. The number of hydrogen-bond acceptors (Lipinski definition) is 4. The normalized spacial score (nSPS) is 17.8. The number of anilines is 1. The second-order valence-corrected chi connectivity index (χ2v) is 5.79. The highest BCUT2D eigenvalue weighted by Gasteiger charge is 2.23. The Bertz CT molecular complexity index is 442. The first-order valence-corrected chi connectivity index (χ1v) is 8.00. The van der Waals surface area contributed by atoms with Crippen LogP contribution in [0.1, 0.15) is 44.7 Å². The van der Waals surface area contributed by atoms with Gasteiger partial charge in [0.25, 0.3) is 0 Å². The molecule has 0 aliphatic carbocycles. The third-order valence-electron chi connectivity index (χ3n) is 4.20. The molecule has 0 amide bonds. The number of methoxy groups -OCH3 is 1. The Morgan fingerprint density at radius 1 is 1.38 bits per heavy atom. The van der Waals surface area contributed by atoms with Crippen molar-refractivity contribution in [1.82, 2.24) is 5.32 Å². The molecular weight excluding hydrogens is 264 g/mol. The average molecular weight is 292 g/mol. The van der Waals surface area contributed by atoms with E-state index in [9.17, 15) is 5.11 Å². The molecule has 118 valence electrons. The Balaban J connectivity index is 2.27. The minimum absolute atomic E-state index is 0.147. The van der Waals surface area contributed by atoms with Crippen LogP contribution in [-0.2, 0) is 0 Å². The first-order valence-electron chi connectivity index (χ1n) is 8.00. The molecule has 1 fully saturated rings. The lowest BCUT2D eigenvalue weighted by Gasteiger charge is -2.34. The number of rotatable bonds is 6. The fourth-order valence-electron chi connectivity index (χ4n) is 2.99. The van der Waals surface area contributed by atoms with Gasteiger partial charge in [-0.15, -0.1) is 0 Å². The van der Waals surface area contributed by atoms with Crippen molar-refractivity contribution in [3.63, 3.8) is 0 Å². The summed E-state index contributed by atoms with van der Waals surface area (Å²) in [7, 11) is 1.73. The first kappa shape index (κ1) is 16.1. The molecule has 1 aliphatic rings. The van der Waals surface area contributed by atoms with Crippen LogP contribution in [0.25, 0.3) is 0 Å². The van der Waals surface area contributed by atoms with Gasteiger partial charge < -0.3 is 20.1 Å². The molecule has 0 radical (unpaired) electrons. The van der Waals surface area contributed by atoms with E-state index in [0.29, 0.717) is 0 Å². The molecule has 1 aromatic carbocycles. The van der Waals surface area contributed by atoms with Crippen LogP contribution in [0.2, 0.25) is 0 Å². The average Bonchev–Trinajstić information content (AvgIpc) is 2.52. The molecule has 1 unspecified atom stereocenters. The number of hydrogen-bond donors (Lipinski definition) is 2. The van der Waals surface area contributed by atoms with Crippen LogP contribution in [0.15, 0.2) is 18.2 Å². The van der Waals surface area contributed by atoms with Crippen molar-refractivity contribution in [2.24, 2.45) is 0 Å². The van der Waals surface area contributed by atoms with Gasteiger partial charge >= 0.3 is 0 Å². The Morgan fingerprint density at radius 3 is 2.71 bits per heavy atom. The van der Waals surface area contributed by atoms with E-state index in [0.717, 1.165) is 44.6 Å². The Hall–Kier alpha value is -1.26. The molecular formula is C17H28N2O2. The highest BCUT2D eigenvalue weighted by atomic mass is 16.5. The number of aliphatic hydroxyl groups excluding tert-OH is 1. The van der Waals surface area contributed by atoms with Gasteiger partial charge in [0, 0.05) is 30.4 Å². The number of aliphatic hydroxyl groups is 1. The molecule has 21 heavy (non-hydrogen) atoms. The van der Waals surface area contributed by atoms with Crippen LogP contribution in [-0.4, -0.2) is 38.0 Å². The van der Waals surface area contributed by atoms with Crippen LogP contribution in [0.5, 0.6) is 5.75 Å². The molecule has 4 heteroatoms. The maximum absolute atomic E-state index is 9.71. The highest BCUT2D eigenvalue weighted by molar-refractivity contribution is 5.61. The van der Waals surface area contributed by atoms with E-state index in [1.807, 2.05) is 6.07 Å². The summed E-state index contributed by atoms with van der Waals surface area (Å²) in [6, 6.07) is 6.50. The zero-order valence-electron chi connectivity index (χ0n) is 13.4. The van der Waals surface area contributed by atoms with Gasteiger partial charge in [-0.05, 0) is 44.9 Å². The SMILES string of the molecule is CCCNC(C)c1c(OC)cccc1N1CCC(O)CC1. The number of benzene rings is 1. The van der Waals surface area contributed by atoms with Crippen molar-refractivity contribution in [3.8, 4) is 5.75 Å². The number of piperidine rings is 1. The molecule has 0 aromatic heterocycles. The van der Waals surface area contributed by atoms with E-state index in [-0.39, 0.29) is 12.1 Å². The second kappa shape index (κ2) is 7.66. The van der Waals surface area contributed by atoms with Crippen molar-refractivity contribution >= 4 is 5.69 Å². The van der Waals surface area contributed by atoms with Crippen LogP contribution in [0, 0.1) is 0 Å². The topological polar surface area (TPSA) is 44.7 Å². The maximum atomic E-state index is 9.71. The van der Waals surface area contributed by atoms with E-state index in [2.05, 4.69) is 36.2 Å². The molecule has 1 saturated heterocycles. The summed E-state index contributed by atoms with van der Waals surface area (Å²) >= 11 is 0. The molecule has 1 aromatic rings. The standard InChI is InChI=1S/C17H28N2O2/c1-4-10-18-13(2)17-15(6-5-7-16(17)21-3)19-11-8-14(20)9-12-19/h5-7,13-14,18,20H,4,8-12H2,1-3H3. The van der Waals surface area contributed by atoms with Gasteiger partial charge in [-0.1, -0.05) is 13.0 Å².